The minimum absolute atomic E-state index is 0.0667. The fourth-order valence-corrected chi connectivity index (χ4v) is 16.3. The molecule has 0 saturated heterocycles. The summed E-state index contributed by atoms with van der Waals surface area (Å²) in [5.74, 6) is 0.377. The summed E-state index contributed by atoms with van der Waals surface area (Å²) in [6.07, 6.45) is 51.0. The van der Waals surface area contributed by atoms with Crippen molar-refractivity contribution < 1.29 is 85.7 Å². The molecule has 0 fully saturated rings. The summed E-state index contributed by atoms with van der Waals surface area (Å²) in [6.45, 7) is 65.8. The second-order valence-electron chi connectivity index (χ2n) is 48.3. The van der Waals surface area contributed by atoms with E-state index in [-0.39, 0.29) is 132 Å². The molecule has 2 amide bonds. The molecular weight excluding hydrogens is 1760 g/mol. The van der Waals surface area contributed by atoms with E-state index in [0.29, 0.717) is 30.3 Å². The molecule has 7 rings (SSSR count). The fraction of sp³-hybridized carbons (Fsp3) is 0.796. The lowest BCUT2D eigenvalue weighted by Crippen LogP contribution is -2.44. The zero-order chi connectivity index (χ0) is 104. The highest BCUT2D eigenvalue weighted by molar-refractivity contribution is 8.14. The van der Waals surface area contributed by atoms with Crippen molar-refractivity contribution in [2.75, 3.05) is 0 Å². The highest BCUT2D eigenvalue weighted by Crippen LogP contribution is 2.33. The Labute approximate surface area is 832 Å². The van der Waals surface area contributed by atoms with Crippen LogP contribution < -0.4 is 43.8 Å². The first kappa shape index (κ1) is 128. The summed E-state index contributed by atoms with van der Waals surface area (Å²) in [4.78, 5) is 94.2. The third-order valence-electron chi connectivity index (χ3n) is 20.5. The smallest absolute Gasteiger partial charge is 0.450 e. The van der Waals surface area contributed by atoms with Gasteiger partial charge in [-0.3, -0.25) is 4.79 Å². The van der Waals surface area contributed by atoms with Crippen molar-refractivity contribution in [1.82, 2.24) is 26.6 Å². The zero-order valence-corrected chi connectivity index (χ0v) is 92.5. The molecule has 0 bridgehead atoms. The van der Waals surface area contributed by atoms with Crippen molar-refractivity contribution in [3.8, 4) is 0 Å². The van der Waals surface area contributed by atoms with Crippen molar-refractivity contribution in [2.24, 2.45) is 28.5 Å². The van der Waals surface area contributed by atoms with Crippen LogP contribution in [-0.2, 0) is 52.2 Å². The number of ether oxygens (including phenoxy) is 10. The highest BCUT2D eigenvalue weighted by Gasteiger charge is 2.33. The third kappa shape index (κ3) is 74.6. The summed E-state index contributed by atoms with van der Waals surface area (Å²) in [5, 5.41) is 16.2. The molecule has 26 nitrogen and oxygen atoms in total. The summed E-state index contributed by atoms with van der Waals surface area (Å²) < 4.78 is 53.1. The SMILES string of the molecule is CC(C)(C)NC(=O)OC1/C=C/CC(N)CCC1.CC(C)(C)NC(=O)OC1/C=C/CC(NC(C)(C)C)CCC1.CC(C)(C)NC1C/C=C/C(OC(=O)OC(C)(C)C)CCC1.CC(C)(C)NC1C/C=C/C(OC(=O)SC(C)(C)C)CCC1.CC(C)(C)OC(=O)OC1/C=C/CC(C(=O)C(C)(C)C)CCC1.CC(C)(C)OC(=O)OC1/C=C/CC(N)CCC1.CC(C)(C)SC(=O)OC1/C=C/CC(N)CCC1. The molecule has 0 aromatic heterocycles. The number of hydrogen-bond donors (Lipinski definition) is 8. The average Bonchev–Trinajstić information content (AvgIpc) is 0.849. The van der Waals surface area contributed by atoms with E-state index in [0.717, 1.165) is 173 Å². The molecule has 28 heteroatoms. The zero-order valence-electron chi connectivity index (χ0n) is 90.9. The number of carbonyl (C=O) groups is 8. The molecule has 0 saturated carbocycles. The van der Waals surface area contributed by atoms with Gasteiger partial charge in [0, 0.05) is 84.8 Å². The first-order valence-electron chi connectivity index (χ1n) is 50.5. The lowest BCUT2D eigenvalue weighted by molar-refractivity contribution is -0.130. The Bertz CT molecular complexity index is 3380. The second-order valence-corrected chi connectivity index (χ2v) is 51.8. The van der Waals surface area contributed by atoms with E-state index in [9.17, 15) is 38.4 Å². The number of carbonyl (C=O) groups excluding carboxylic acids is 8. The molecule has 0 spiro atoms. The van der Waals surface area contributed by atoms with Crippen molar-refractivity contribution in [3.05, 3.63) is 85.1 Å². The number of rotatable bonds is 11. The van der Waals surface area contributed by atoms with Crippen molar-refractivity contribution in [1.29, 1.82) is 0 Å². The quantitative estimate of drug-likeness (QED) is 0.0541. The van der Waals surface area contributed by atoms with Gasteiger partial charge in [-0.1, -0.05) is 105 Å². The maximum atomic E-state index is 12.4. The number of allylic oxidation sites excluding steroid dienone is 1. The predicted molar refractivity (Wildman–Crippen MR) is 560 cm³/mol. The van der Waals surface area contributed by atoms with E-state index in [1.165, 1.54) is 23.5 Å². The molecule has 0 heterocycles. The molecule has 0 radical (unpaired) electrons. The lowest BCUT2D eigenvalue weighted by Gasteiger charge is -2.29. The van der Waals surface area contributed by atoms with Crippen molar-refractivity contribution in [3.63, 3.8) is 0 Å². The Hall–Kier alpha value is -6.40. The maximum absolute atomic E-state index is 12.4. The number of thioether (sulfide) groups is 2. The monoisotopic (exact) mass is 1960 g/mol. The molecular formula is C108H194N8O18S2. The van der Waals surface area contributed by atoms with Gasteiger partial charge in [-0.2, -0.15) is 0 Å². The van der Waals surface area contributed by atoms with Crippen LogP contribution in [0.15, 0.2) is 85.1 Å². The molecule has 14 unspecified atom stereocenters. The number of Topliss-reactive ketones (excluding diaryl/α,β-unsaturated/α-hetero) is 1. The number of nitrogens with two attached hydrogens (primary N) is 3. The van der Waals surface area contributed by atoms with E-state index in [4.69, 9.17) is 64.6 Å². The number of amides is 2. The molecule has 136 heavy (non-hydrogen) atoms. The molecule has 7 aliphatic rings. The van der Waals surface area contributed by atoms with Crippen LogP contribution in [0.3, 0.4) is 0 Å². The van der Waals surface area contributed by atoms with Crippen LogP contribution >= 0.6 is 23.5 Å². The second kappa shape index (κ2) is 61.4. The van der Waals surface area contributed by atoms with Crippen LogP contribution in [-0.4, -0.2) is 180 Å². The molecule has 14 atom stereocenters. The average molecular weight is 1960 g/mol. The summed E-state index contributed by atoms with van der Waals surface area (Å²) in [6, 6.07) is 2.24. The Kier molecular flexibility index (Phi) is 57.7. The van der Waals surface area contributed by atoms with E-state index in [2.05, 4.69) is 113 Å². The van der Waals surface area contributed by atoms with Gasteiger partial charge in [0.25, 0.3) is 0 Å². The van der Waals surface area contributed by atoms with Crippen LogP contribution in [0.2, 0.25) is 0 Å². The summed E-state index contributed by atoms with van der Waals surface area (Å²) >= 11 is 2.51. The predicted octanol–water partition coefficient (Wildman–Crippen LogP) is 26.1. The Morgan fingerprint density at radius 2 is 0.485 bits per heavy atom. The van der Waals surface area contributed by atoms with Gasteiger partial charge in [-0.15, -0.1) is 0 Å². The summed E-state index contributed by atoms with van der Waals surface area (Å²) in [5.41, 5.74) is 15.6. The topological polar surface area (TPSA) is 367 Å². The molecule has 7 aliphatic carbocycles. The minimum Gasteiger partial charge on any atom is -0.450 e. The van der Waals surface area contributed by atoms with Crippen LogP contribution in [0.4, 0.5) is 33.6 Å². The van der Waals surface area contributed by atoms with Gasteiger partial charge in [-0.05, 0) is 412 Å². The van der Waals surface area contributed by atoms with Crippen molar-refractivity contribution >= 4 is 70.6 Å². The lowest BCUT2D eigenvalue weighted by atomic mass is 9.78. The third-order valence-corrected chi connectivity index (χ3v) is 22.2. The number of nitrogens with one attached hydrogen (secondary N) is 5. The molecule has 11 N–H and O–H groups in total. The first-order valence-corrected chi connectivity index (χ1v) is 52.1. The summed E-state index contributed by atoms with van der Waals surface area (Å²) in [7, 11) is 0. The van der Waals surface area contributed by atoms with Gasteiger partial charge < -0.3 is 91.2 Å². The van der Waals surface area contributed by atoms with Gasteiger partial charge in [0.2, 0.25) is 0 Å². The van der Waals surface area contributed by atoms with Crippen molar-refractivity contribution in [2.45, 2.75) is 541 Å². The molecule has 0 aromatic rings. The number of hydrogen-bond acceptors (Lipinski definition) is 26. The molecule has 786 valence electrons. The molecule has 0 aromatic carbocycles. The Balaban J connectivity index is 0.000000795. The van der Waals surface area contributed by atoms with Gasteiger partial charge in [0.1, 0.15) is 65.3 Å². The largest absolute Gasteiger partial charge is 0.509 e. The number of alkyl carbamates (subject to hydrolysis) is 2. The van der Waals surface area contributed by atoms with Crippen LogP contribution in [0.1, 0.15) is 408 Å². The minimum atomic E-state index is -0.634. The molecule has 0 aliphatic heterocycles. The Morgan fingerprint density at radius 3 is 0.713 bits per heavy atom. The highest BCUT2D eigenvalue weighted by atomic mass is 32.2. The van der Waals surface area contributed by atoms with Crippen LogP contribution in [0.5, 0.6) is 0 Å². The van der Waals surface area contributed by atoms with Gasteiger partial charge >= 0.3 is 41.3 Å². The maximum Gasteiger partial charge on any atom is 0.509 e. The van der Waals surface area contributed by atoms with Gasteiger partial charge in [-0.25, -0.2) is 33.6 Å². The Morgan fingerprint density at radius 1 is 0.265 bits per heavy atom. The van der Waals surface area contributed by atoms with E-state index in [1.54, 1.807) is 0 Å². The van der Waals surface area contributed by atoms with E-state index in [1.807, 2.05) is 227 Å². The van der Waals surface area contributed by atoms with Gasteiger partial charge in [0.15, 0.2) is 0 Å². The van der Waals surface area contributed by atoms with Crippen LogP contribution in [0, 0.1) is 11.3 Å². The first-order chi connectivity index (χ1) is 62.2. The normalized spacial score (nSPS) is 26.4. The van der Waals surface area contributed by atoms with E-state index < -0.39 is 35.3 Å². The van der Waals surface area contributed by atoms with Crippen LogP contribution in [0.25, 0.3) is 0 Å². The van der Waals surface area contributed by atoms with E-state index >= 15 is 0 Å². The van der Waals surface area contributed by atoms with Gasteiger partial charge in [0.05, 0.1) is 0 Å². The fourth-order valence-electron chi connectivity index (χ4n) is 15.0. The standard InChI is InChI=1S/C18H30O4.C17H32N2O2.C17H31NO3.C17H31NO2S.C13H24N2O2.C13H23NO3.C13H23NO2S/c1-17(2,3)15(19)13-9-7-11-14(12-8-10-13)21-16(20)22-18(4,5)6;1-16(2,3)18-13-9-7-11-14(12-8-10-13)21-15(20)19-17(4,5)6;2*1-16(2,3)18-13-9-7-11-14(12-8-10-13)20-15(19)21-17(4,5)6;1-13(2,3)15-12(16)17-11-8-4-6-10(14)7-5-9-11;2*1-13(2,3)17-12(15)16-11-8-4-6-10(14)7-5-9-11/h7,11,13-14H,8-10,12H2,1-6H3;7,11,13-14,18H,8-10,12H2,1-6H3,(H,19,20);2*7,11,13-14,18H,8-10,12H2,1-6H3;4,8,10-11H,5-7,9,14H2,1-3H3,(H,15,16);2*4,8,10-11H,5-7,9,14H2,1-3H3/b4*11-7+;3*8-4+. The number of ketones is 1.